The first-order chi connectivity index (χ1) is 5.56. The van der Waals surface area contributed by atoms with Gasteiger partial charge in [0, 0.05) is 27.2 Å². The smallest absolute Gasteiger partial charge is 0.255 e. The molecule has 1 unspecified atom stereocenters. The Labute approximate surface area is 72.9 Å². The van der Waals surface area contributed by atoms with Gasteiger partial charge in [-0.15, -0.1) is 0 Å². The molecule has 70 valence electrons. The van der Waals surface area contributed by atoms with Crippen LogP contribution in [0, 0.1) is 0 Å². The van der Waals surface area contributed by atoms with Crippen LogP contribution < -0.4 is 5.32 Å². The molecule has 0 radical (unpaired) electrons. The van der Waals surface area contributed by atoms with Crippen LogP contribution in [0.3, 0.4) is 0 Å². The summed E-state index contributed by atoms with van der Waals surface area (Å²) in [5, 5.41) is 3.14. The van der Waals surface area contributed by atoms with Gasteiger partial charge in [0.05, 0.1) is 6.61 Å². The summed E-state index contributed by atoms with van der Waals surface area (Å²) in [4.78, 5) is 13.1. The first-order valence-corrected chi connectivity index (χ1v) is 4.13. The molecule has 1 N–H and O–H groups in total. The van der Waals surface area contributed by atoms with Crippen LogP contribution in [0.4, 0.5) is 0 Å². The second-order valence-electron chi connectivity index (χ2n) is 3.46. The summed E-state index contributed by atoms with van der Waals surface area (Å²) in [6.07, 6.45) is 0. The average Bonchev–Trinajstić information content (AvgIpc) is 2.04. The van der Waals surface area contributed by atoms with Crippen LogP contribution >= 0.6 is 0 Å². The lowest BCUT2D eigenvalue weighted by Crippen LogP contribution is -2.56. The largest absolute Gasteiger partial charge is 0.363 e. The van der Waals surface area contributed by atoms with Crippen molar-refractivity contribution in [2.75, 3.05) is 33.8 Å². The fourth-order valence-corrected chi connectivity index (χ4v) is 1.34. The quantitative estimate of drug-likeness (QED) is 0.577. The molecule has 1 aliphatic heterocycles. The highest BCUT2D eigenvalue weighted by Gasteiger charge is 2.36. The van der Waals surface area contributed by atoms with Crippen molar-refractivity contribution in [1.29, 1.82) is 0 Å². The highest BCUT2D eigenvalue weighted by Crippen LogP contribution is 2.14. The van der Waals surface area contributed by atoms with Crippen LogP contribution in [0.15, 0.2) is 0 Å². The van der Waals surface area contributed by atoms with Crippen LogP contribution in [0.5, 0.6) is 0 Å². The highest BCUT2D eigenvalue weighted by molar-refractivity contribution is 5.84. The molecular formula is C8H16N2O2. The molecule has 1 rings (SSSR count). The minimum absolute atomic E-state index is 0.0229. The first kappa shape index (κ1) is 9.48. The molecule has 0 aromatic rings. The van der Waals surface area contributed by atoms with Crippen LogP contribution in [-0.4, -0.2) is 50.2 Å². The number of likely N-dealkylation sites (N-methyl/N-ethyl adjacent to an activating group) is 1. The van der Waals surface area contributed by atoms with Crippen molar-refractivity contribution in [3.8, 4) is 0 Å². The van der Waals surface area contributed by atoms with Crippen molar-refractivity contribution >= 4 is 5.91 Å². The molecule has 1 aliphatic rings. The number of morpholine rings is 1. The molecule has 4 nitrogen and oxygen atoms in total. The SMILES string of the molecule is CN(C)C(=O)C1(C)CNCCO1. The number of rotatable bonds is 1. The van der Waals surface area contributed by atoms with Gasteiger partial charge in [-0.3, -0.25) is 4.79 Å². The minimum Gasteiger partial charge on any atom is -0.363 e. The summed E-state index contributed by atoms with van der Waals surface area (Å²) in [5.74, 6) is 0.0229. The Bertz CT molecular complexity index is 174. The maximum atomic E-state index is 11.6. The summed E-state index contributed by atoms with van der Waals surface area (Å²) in [6, 6.07) is 0. The Morgan fingerprint density at radius 1 is 1.58 bits per heavy atom. The van der Waals surface area contributed by atoms with E-state index < -0.39 is 5.60 Å². The number of nitrogens with zero attached hydrogens (tertiary/aromatic N) is 1. The third-order valence-corrected chi connectivity index (χ3v) is 2.02. The van der Waals surface area contributed by atoms with E-state index in [1.165, 1.54) is 0 Å². The van der Waals surface area contributed by atoms with Gasteiger partial charge in [0.25, 0.3) is 5.91 Å². The Kier molecular flexibility index (Phi) is 2.69. The zero-order valence-electron chi connectivity index (χ0n) is 7.89. The van der Waals surface area contributed by atoms with Gasteiger partial charge < -0.3 is 15.0 Å². The molecule has 0 aliphatic carbocycles. The number of carbonyl (C=O) groups is 1. The molecular weight excluding hydrogens is 156 g/mol. The lowest BCUT2D eigenvalue weighted by molar-refractivity contribution is -0.156. The van der Waals surface area contributed by atoms with Crippen LogP contribution in [0.25, 0.3) is 0 Å². The third kappa shape index (κ3) is 1.76. The lowest BCUT2D eigenvalue weighted by atomic mass is 10.0. The number of hydrogen-bond acceptors (Lipinski definition) is 3. The number of hydrogen-bond donors (Lipinski definition) is 1. The lowest BCUT2D eigenvalue weighted by Gasteiger charge is -2.34. The van der Waals surface area contributed by atoms with Crippen molar-refractivity contribution in [2.45, 2.75) is 12.5 Å². The van der Waals surface area contributed by atoms with E-state index in [2.05, 4.69) is 5.32 Å². The zero-order chi connectivity index (χ0) is 9.19. The Morgan fingerprint density at radius 3 is 2.67 bits per heavy atom. The number of amides is 1. The number of nitrogens with one attached hydrogen (secondary N) is 1. The third-order valence-electron chi connectivity index (χ3n) is 2.02. The summed E-state index contributed by atoms with van der Waals surface area (Å²) in [7, 11) is 3.48. The molecule has 1 atom stereocenters. The summed E-state index contributed by atoms with van der Waals surface area (Å²) < 4.78 is 5.43. The minimum atomic E-state index is -0.665. The zero-order valence-corrected chi connectivity index (χ0v) is 7.89. The topological polar surface area (TPSA) is 41.6 Å². The first-order valence-electron chi connectivity index (χ1n) is 4.13. The number of ether oxygens (including phenoxy) is 1. The van der Waals surface area contributed by atoms with Gasteiger partial charge in [-0.25, -0.2) is 0 Å². The average molecular weight is 172 g/mol. The van der Waals surface area contributed by atoms with E-state index in [0.717, 1.165) is 6.54 Å². The Balaban J connectivity index is 2.62. The van der Waals surface area contributed by atoms with E-state index in [1.54, 1.807) is 19.0 Å². The summed E-state index contributed by atoms with van der Waals surface area (Å²) in [5.41, 5.74) is -0.665. The van der Waals surface area contributed by atoms with Crippen molar-refractivity contribution in [3.63, 3.8) is 0 Å². The molecule has 1 saturated heterocycles. The predicted octanol–water partition coefficient (Wildman–Crippen LogP) is -0.547. The van der Waals surface area contributed by atoms with Gasteiger partial charge in [0.1, 0.15) is 0 Å². The van der Waals surface area contributed by atoms with Crippen molar-refractivity contribution in [2.24, 2.45) is 0 Å². The van der Waals surface area contributed by atoms with Gasteiger partial charge >= 0.3 is 0 Å². The van der Waals surface area contributed by atoms with Gasteiger partial charge in [0.15, 0.2) is 5.60 Å². The molecule has 12 heavy (non-hydrogen) atoms. The molecule has 1 amide bonds. The predicted molar refractivity (Wildman–Crippen MR) is 45.9 cm³/mol. The second kappa shape index (κ2) is 3.41. The molecule has 0 spiro atoms. The van der Waals surface area contributed by atoms with E-state index in [1.807, 2.05) is 6.92 Å². The van der Waals surface area contributed by atoms with E-state index >= 15 is 0 Å². The van der Waals surface area contributed by atoms with E-state index in [-0.39, 0.29) is 5.91 Å². The van der Waals surface area contributed by atoms with E-state index in [4.69, 9.17) is 4.74 Å². The number of carbonyl (C=O) groups excluding carboxylic acids is 1. The van der Waals surface area contributed by atoms with Crippen molar-refractivity contribution < 1.29 is 9.53 Å². The Morgan fingerprint density at radius 2 is 2.25 bits per heavy atom. The maximum absolute atomic E-state index is 11.6. The maximum Gasteiger partial charge on any atom is 0.255 e. The summed E-state index contributed by atoms with van der Waals surface area (Å²) in [6.45, 7) is 3.86. The molecule has 0 bridgehead atoms. The normalized spacial score (nSPS) is 29.9. The van der Waals surface area contributed by atoms with Crippen LogP contribution in [0.1, 0.15) is 6.92 Å². The van der Waals surface area contributed by atoms with E-state index in [9.17, 15) is 4.79 Å². The fourth-order valence-electron chi connectivity index (χ4n) is 1.34. The monoisotopic (exact) mass is 172 g/mol. The van der Waals surface area contributed by atoms with Gasteiger partial charge in [0.2, 0.25) is 0 Å². The molecule has 0 aromatic heterocycles. The van der Waals surface area contributed by atoms with Gasteiger partial charge in [-0.1, -0.05) is 0 Å². The van der Waals surface area contributed by atoms with Gasteiger partial charge in [-0.05, 0) is 6.92 Å². The molecule has 1 heterocycles. The molecule has 0 aromatic carbocycles. The molecule has 4 heteroatoms. The van der Waals surface area contributed by atoms with E-state index in [0.29, 0.717) is 13.2 Å². The van der Waals surface area contributed by atoms with Crippen molar-refractivity contribution in [1.82, 2.24) is 10.2 Å². The standard InChI is InChI=1S/C8H16N2O2/c1-8(7(11)10(2)3)6-9-4-5-12-8/h9H,4-6H2,1-3H3. The van der Waals surface area contributed by atoms with Gasteiger partial charge in [-0.2, -0.15) is 0 Å². The fraction of sp³-hybridized carbons (Fsp3) is 0.875. The molecule has 1 fully saturated rings. The molecule has 0 saturated carbocycles. The highest BCUT2D eigenvalue weighted by atomic mass is 16.5. The van der Waals surface area contributed by atoms with Crippen molar-refractivity contribution in [3.05, 3.63) is 0 Å². The van der Waals surface area contributed by atoms with Crippen LogP contribution in [-0.2, 0) is 9.53 Å². The van der Waals surface area contributed by atoms with Crippen LogP contribution in [0.2, 0.25) is 0 Å². The summed E-state index contributed by atoms with van der Waals surface area (Å²) >= 11 is 0. The Hall–Kier alpha value is -0.610. The second-order valence-corrected chi connectivity index (χ2v) is 3.46.